The number of pyridine rings is 1. The van der Waals surface area contributed by atoms with E-state index in [1.165, 1.54) is 11.3 Å². The monoisotopic (exact) mass is 303 g/mol. The average molecular weight is 303 g/mol. The molecule has 0 bridgehead atoms. The molecule has 0 saturated heterocycles. The summed E-state index contributed by atoms with van der Waals surface area (Å²) in [7, 11) is 0. The summed E-state index contributed by atoms with van der Waals surface area (Å²) in [4.78, 5) is 18.8. The van der Waals surface area contributed by atoms with Crippen LogP contribution in [0, 0.1) is 0 Å². The van der Waals surface area contributed by atoms with Crippen LogP contribution in [-0.2, 0) is 0 Å². The van der Waals surface area contributed by atoms with E-state index in [9.17, 15) is 4.79 Å². The summed E-state index contributed by atoms with van der Waals surface area (Å²) >= 11 is 1.41. The van der Waals surface area contributed by atoms with E-state index in [1.807, 2.05) is 22.4 Å². The van der Waals surface area contributed by atoms with Crippen LogP contribution in [0.2, 0.25) is 0 Å². The molecule has 0 saturated carbocycles. The standard InChI is InChI=1S/C16H21N3OS/c1-3-8-19(9-4-2)16(20)14-13(11-21-15(14)17)12-6-5-7-18-10-12/h5-7,10-11H,3-4,8-9,17H2,1-2H3. The molecule has 0 aliphatic heterocycles. The molecule has 0 unspecified atom stereocenters. The van der Waals surface area contributed by atoms with Gasteiger partial charge in [-0.25, -0.2) is 0 Å². The second-order valence-corrected chi connectivity index (χ2v) is 5.83. The SMILES string of the molecule is CCCN(CCC)C(=O)c1c(-c2cccnc2)csc1N. The third-order valence-electron chi connectivity index (χ3n) is 3.28. The fourth-order valence-corrected chi connectivity index (χ4v) is 3.15. The van der Waals surface area contributed by atoms with E-state index in [1.54, 1.807) is 12.4 Å². The maximum Gasteiger partial charge on any atom is 0.257 e. The Morgan fingerprint density at radius 3 is 2.62 bits per heavy atom. The van der Waals surface area contributed by atoms with Crippen LogP contribution in [0.25, 0.3) is 11.1 Å². The number of nitrogens with two attached hydrogens (primary N) is 1. The van der Waals surface area contributed by atoms with Gasteiger partial charge in [-0.15, -0.1) is 11.3 Å². The van der Waals surface area contributed by atoms with Gasteiger partial charge in [0.2, 0.25) is 0 Å². The third kappa shape index (κ3) is 3.42. The average Bonchev–Trinajstić information content (AvgIpc) is 2.89. The van der Waals surface area contributed by atoms with Crippen molar-refractivity contribution >= 4 is 22.2 Å². The van der Waals surface area contributed by atoms with Crippen LogP contribution in [0.1, 0.15) is 37.0 Å². The summed E-state index contributed by atoms with van der Waals surface area (Å²) in [5.74, 6) is 0.0244. The number of nitrogen functional groups attached to an aromatic ring is 1. The largest absolute Gasteiger partial charge is 0.390 e. The number of thiophene rings is 1. The first-order valence-corrected chi connectivity index (χ1v) is 8.13. The van der Waals surface area contributed by atoms with Crippen molar-refractivity contribution in [3.05, 3.63) is 35.5 Å². The molecule has 0 radical (unpaired) electrons. The zero-order valence-corrected chi connectivity index (χ0v) is 13.3. The highest BCUT2D eigenvalue weighted by Crippen LogP contribution is 2.34. The second kappa shape index (κ2) is 7.22. The number of hydrogen-bond acceptors (Lipinski definition) is 4. The number of carbonyl (C=O) groups excluding carboxylic acids is 1. The Labute approximate surface area is 129 Å². The third-order valence-corrected chi connectivity index (χ3v) is 4.09. The van der Waals surface area contributed by atoms with E-state index in [0.29, 0.717) is 10.6 Å². The normalized spacial score (nSPS) is 10.6. The molecule has 0 aliphatic rings. The number of rotatable bonds is 6. The van der Waals surface area contributed by atoms with Gasteiger partial charge in [0, 0.05) is 42.0 Å². The van der Waals surface area contributed by atoms with Crippen LogP contribution in [0.3, 0.4) is 0 Å². The summed E-state index contributed by atoms with van der Waals surface area (Å²) in [6.07, 6.45) is 5.37. The first kappa shape index (κ1) is 15.5. The van der Waals surface area contributed by atoms with E-state index in [0.717, 1.165) is 37.1 Å². The molecular weight excluding hydrogens is 282 g/mol. The first-order valence-electron chi connectivity index (χ1n) is 7.25. The minimum absolute atomic E-state index is 0.0244. The van der Waals surface area contributed by atoms with Gasteiger partial charge in [0.15, 0.2) is 0 Å². The fraction of sp³-hybridized carbons (Fsp3) is 0.375. The lowest BCUT2D eigenvalue weighted by Crippen LogP contribution is -2.33. The predicted molar refractivity (Wildman–Crippen MR) is 88.4 cm³/mol. The maximum absolute atomic E-state index is 12.8. The Balaban J connectivity index is 2.39. The lowest BCUT2D eigenvalue weighted by molar-refractivity contribution is 0.0758. The molecule has 5 heteroatoms. The number of aromatic nitrogens is 1. The van der Waals surface area contributed by atoms with Crippen molar-refractivity contribution in [2.24, 2.45) is 0 Å². The van der Waals surface area contributed by atoms with Crippen LogP contribution in [0.5, 0.6) is 0 Å². The van der Waals surface area contributed by atoms with Crippen LogP contribution >= 0.6 is 11.3 Å². The van der Waals surface area contributed by atoms with Gasteiger partial charge < -0.3 is 10.6 Å². The molecule has 2 heterocycles. The van der Waals surface area contributed by atoms with E-state index in [4.69, 9.17) is 5.73 Å². The molecule has 0 atom stereocenters. The minimum atomic E-state index is 0.0244. The van der Waals surface area contributed by atoms with Gasteiger partial charge in [0.25, 0.3) is 5.91 Å². The Morgan fingerprint density at radius 1 is 1.33 bits per heavy atom. The van der Waals surface area contributed by atoms with Gasteiger partial charge in [0.1, 0.15) is 0 Å². The van der Waals surface area contributed by atoms with Crippen molar-refractivity contribution in [1.82, 2.24) is 9.88 Å². The molecule has 0 spiro atoms. The molecule has 2 N–H and O–H groups in total. The van der Waals surface area contributed by atoms with Crippen molar-refractivity contribution in [2.75, 3.05) is 18.8 Å². The highest BCUT2D eigenvalue weighted by Gasteiger charge is 2.23. The number of hydrogen-bond donors (Lipinski definition) is 1. The Morgan fingerprint density at radius 2 is 2.05 bits per heavy atom. The Bertz CT molecular complexity index is 589. The Kier molecular flexibility index (Phi) is 5.33. The molecule has 21 heavy (non-hydrogen) atoms. The van der Waals surface area contributed by atoms with Gasteiger partial charge >= 0.3 is 0 Å². The van der Waals surface area contributed by atoms with Gasteiger partial charge in [0.05, 0.1) is 10.6 Å². The Hall–Kier alpha value is -1.88. The summed E-state index contributed by atoms with van der Waals surface area (Å²) < 4.78 is 0. The van der Waals surface area contributed by atoms with Crippen LogP contribution in [0.15, 0.2) is 29.9 Å². The van der Waals surface area contributed by atoms with Crippen molar-refractivity contribution in [2.45, 2.75) is 26.7 Å². The molecule has 2 rings (SSSR count). The first-order chi connectivity index (χ1) is 10.2. The van der Waals surface area contributed by atoms with E-state index < -0.39 is 0 Å². The molecular formula is C16H21N3OS. The smallest absolute Gasteiger partial charge is 0.257 e. The molecule has 2 aromatic heterocycles. The summed E-state index contributed by atoms with van der Waals surface area (Å²) in [5, 5.41) is 2.52. The predicted octanol–water partition coefficient (Wildman–Crippen LogP) is 3.65. The lowest BCUT2D eigenvalue weighted by atomic mass is 10.0. The highest BCUT2D eigenvalue weighted by atomic mass is 32.1. The van der Waals surface area contributed by atoms with Crippen molar-refractivity contribution < 1.29 is 4.79 Å². The second-order valence-electron chi connectivity index (χ2n) is 4.92. The molecule has 0 aromatic carbocycles. The van der Waals surface area contributed by atoms with Gasteiger partial charge in [-0.3, -0.25) is 9.78 Å². The summed E-state index contributed by atoms with van der Waals surface area (Å²) in [6, 6.07) is 3.82. The van der Waals surface area contributed by atoms with Crippen molar-refractivity contribution in [3.63, 3.8) is 0 Å². The van der Waals surface area contributed by atoms with E-state index in [-0.39, 0.29) is 5.91 Å². The maximum atomic E-state index is 12.8. The van der Waals surface area contributed by atoms with Gasteiger partial charge in [-0.1, -0.05) is 19.9 Å². The molecule has 1 amide bonds. The number of nitrogens with zero attached hydrogens (tertiary/aromatic N) is 2. The van der Waals surface area contributed by atoms with Crippen molar-refractivity contribution in [1.29, 1.82) is 0 Å². The number of anilines is 1. The zero-order chi connectivity index (χ0) is 15.2. The van der Waals surface area contributed by atoms with Crippen LogP contribution in [0.4, 0.5) is 5.00 Å². The van der Waals surface area contributed by atoms with E-state index in [2.05, 4.69) is 18.8 Å². The topological polar surface area (TPSA) is 59.2 Å². The summed E-state index contributed by atoms with van der Waals surface area (Å²) in [5.41, 5.74) is 8.50. The van der Waals surface area contributed by atoms with Crippen LogP contribution in [-0.4, -0.2) is 28.9 Å². The number of amides is 1. The molecule has 0 aliphatic carbocycles. The number of carbonyl (C=O) groups is 1. The van der Waals surface area contributed by atoms with E-state index >= 15 is 0 Å². The van der Waals surface area contributed by atoms with Crippen molar-refractivity contribution in [3.8, 4) is 11.1 Å². The quantitative estimate of drug-likeness (QED) is 0.886. The van der Waals surface area contributed by atoms with Crippen LogP contribution < -0.4 is 5.73 Å². The fourth-order valence-electron chi connectivity index (χ4n) is 2.34. The zero-order valence-electron chi connectivity index (χ0n) is 12.5. The lowest BCUT2D eigenvalue weighted by Gasteiger charge is -2.22. The molecule has 112 valence electrons. The molecule has 0 fully saturated rings. The summed E-state index contributed by atoms with van der Waals surface area (Å²) in [6.45, 7) is 5.67. The highest BCUT2D eigenvalue weighted by molar-refractivity contribution is 7.15. The molecule has 4 nitrogen and oxygen atoms in total. The van der Waals surface area contributed by atoms with Gasteiger partial charge in [-0.2, -0.15) is 0 Å². The van der Waals surface area contributed by atoms with Gasteiger partial charge in [-0.05, 0) is 18.9 Å². The minimum Gasteiger partial charge on any atom is -0.390 e. The molecule has 2 aromatic rings.